The first-order valence-corrected chi connectivity index (χ1v) is 9.25. The fraction of sp³-hybridized carbons (Fsp3) is 0.526. The molecule has 0 bridgehead atoms. The van der Waals surface area contributed by atoms with Crippen LogP contribution in [0.25, 0.3) is 11.4 Å². The lowest BCUT2D eigenvalue weighted by atomic mass is 10.0. The van der Waals surface area contributed by atoms with E-state index in [0.29, 0.717) is 24.8 Å². The van der Waals surface area contributed by atoms with Crippen molar-refractivity contribution in [2.45, 2.75) is 45.1 Å². The predicted octanol–water partition coefficient (Wildman–Crippen LogP) is 3.78. The van der Waals surface area contributed by atoms with Crippen molar-refractivity contribution in [1.29, 1.82) is 0 Å². The van der Waals surface area contributed by atoms with Crippen LogP contribution in [0.15, 0.2) is 28.8 Å². The van der Waals surface area contributed by atoms with E-state index in [2.05, 4.69) is 22.4 Å². The Morgan fingerprint density at radius 2 is 2.31 bits per heavy atom. The highest BCUT2D eigenvalue weighted by atomic mass is 16.5. The Hall–Kier alpha value is -2.57. The molecule has 1 aromatic heterocycles. The zero-order valence-corrected chi connectivity index (χ0v) is 15.4. The number of carbonyl (C=O) groups excluding carboxylic acids is 1. The van der Waals surface area contributed by atoms with E-state index in [4.69, 9.17) is 9.26 Å². The molecule has 1 fully saturated rings. The van der Waals surface area contributed by atoms with E-state index in [1.165, 1.54) is 0 Å². The van der Waals surface area contributed by atoms with Crippen molar-refractivity contribution in [3.63, 3.8) is 0 Å². The zero-order chi connectivity index (χ0) is 18.4. The van der Waals surface area contributed by atoms with Crippen LogP contribution in [-0.4, -0.2) is 41.3 Å². The molecule has 7 heteroatoms. The lowest BCUT2D eigenvalue weighted by Gasteiger charge is -2.33. The minimum atomic E-state index is -0.169. The van der Waals surface area contributed by atoms with Crippen molar-refractivity contribution in [1.82, 2.24) is 20.4 Å². The molecule has 1 aliphatic heterocycles. The van der Waals surface area contributed by atoms with E-state index in [0.717, 1.165) is 43.4 Å². The van der Waals surface area contributed by atoms with Gasteiger partial charge in [-0.3, -0.25) is 0 Å². The molecular formula is C19H26N4O3. The van der Waals surface area contributed by atoms with Gasteiger partial charge >= 0.3 is 6.03 Å². The first kappa shape index (κ1) is 18.2. The molecule has 0 spiro atoms. The van der Waals surface area contributed by atoms with Crippen molar-refractivity contribution in [3.8, 4) is 17.1 Å². The first-order chi connectivity index (χ1) is 12.7. The molecule has 2 aromatic rings. The van der Waals surface area contributed by atoms with Gasteiger partial charge in [-0.1, -0.05) is 30.6 Å². The van der Waals surface area contributed by atoms with Crippen LogP contribution in [0.3, 0.4) is 0 Å². The third-order valence-electron chi connectivity index (χ3n) is 4.62. The smallest absolute Gasteiger partial charge is 0.318 e. The molecule has 26 heavy (non-hydrogen) atoms. The maximum Gasteiger partial charge on any atom is 0.318 e. The van der Waals surface area contributed by atoms with Crippen molar-refractivity contribution in [2.24, 2.45) is 0 Å². The van der Waals surface area contributed by atoms with Gasteiger partial charge in [-0.05, 0) is 37.8 Å². The maximum absolute atomic E-state index is 12.5. The number of ether oxygens (including phenoxy) is 1. The Bertz CT molecular complexity index is 731. The van der Waals surface area contributed by atoms with Crippen LogP contribution in [0.4, 0.5) is 4.79 Å². The molecule has 1 aromatic carbocycles. The largest absolute Gasteiger partial charge is 0.497 e. The molecule has 0 radical (unpaired) electrons. The summed E-state index contributed by atoms with van der Waals surface area (Å²) < 4.78 is 10.8. The lowest BCUT2D eigenvalue weighted by Crippen LogP contribution is -2.45. The molecule has 2 heterocycles. The SMILES string of the molecule is CCCCNC(=O)N1CCCCC1c1nc(-c2cccc(OC)c2)no1. The molecule has 3 rings (SSSR count). The average molecular weight is 358 g/mol. The van der Waals surface area contributed by atoms with E-state index in [1.807, 2.05) is 29.2 Å². The third kappa shape index (κ3) is 4.15. The lowest BCUT2D eigenvalue weighted by molar-refractivity contribution is 0.132. The van der Waals surface area contributed by atoms with Gasteiger partial charge in [0.05, 0.1) is 7.11 Å². The number of urea groups is 1. The Morgan fingerprint density at radius 1 is 1.42 bits per heavy atom. The normalized spacial score (nSPS) is 17.2. The molecule has 2 amide bonds. The second kappa shape index (κ2) is 8.69. The molecule has 1 aliphatic rings. The van der Waals surface area contributed by atoms with Crippen LogP contribution in [0.1, 0.15) is 51.0 Å². The quantitative estimate of drug-likeness (QED) is 0.795. The summed E-state index contributed by atoms with van der Waals surface area (Å²) in [6.07, 6.45) is 4.90. The summed E-state index contributed by atoms with van der Waals surface area (Å²) >= 11 is 0. The van der Waals surface area contributed by atoms with E-state index in [1.54, 1.807) is 7.11 Å². The summed E-state index contributed by atoms with van der Waals surface area (Å²) in [7, 11) is 1.62. The van der Waals surface area contributed by atoms with Gasteiger partial charge < -0.3 is 19.5 Å². The second-order valence-electron chi connectivity index (χ2n) is 6.48. The van der Waals surface area contributed by atoms with Gasteiger partial charge in [-0.2, -0.15) is 4.98 Å². The molecule has 1 atom stereocenters. The van der Waals surface area contributed by atoms with Gasteiger partial charge in [-0.25, -0.2) is 4.79 Å². The summed E-state index contributed by atoms with van der Waals surface area (Å²) in [4.78, 5) is 18.9. The highest BCUT2D eigenvalue weighted by Crippen LogP contribution is 2.31. The zero-order valence-electron chi connectivity index (χ0n) is 15.4. The van der Waals surface area contributed by atoms with Gasteiger partial charge in [0.2, 0.25) is 11.7 Å². The number of unbranched alkanes of at least 4 members (excludes halogenated alkanes) is 1. The number of hydrogen-bond acceptors (Lipinski definition) is 5. The third-order valence-corrected chi connectivity index (χ3v) is 4.62. The summed E-state index contributed by atoms with van der Waals surface area (Å²) in [5, 5.41) is 7.09. The van der Waals surface area contributed by atoms with Crippen LogP contribution in [0.2, 0.25) is 0 Å². The van der Waals surface area contributed by atoms with Gasteiger partial charge in [0, 0.05) is 18.7 Å². The maximum atomic E-state index is 12.5. The number of methoxy groups -OCH3 is 1. The summed E-state index contributed by atoms with van der Waals surface area (Å²) in [5.41, 5.74) is 0.828. The van der Waals surface area contributed by atoms with E-state index in [-0.39, 0.29) is 12.1 Å². The van der Waals surface area contributed by atoms with Crippen molar-refractivity contribution in [2.75, 3.05) is 20.2 Å². The minimum Gasteiger partial charge on any atom is -0.497 e. The number of nitrogens with zero attached hydrogens (tertiary/aromatic N) is 3. The number of amides is 2. The predicted molar refractivity (Wildman–Crippen MR) is 97.9 cm³/mol. The van der Waals surface area contributed by atoms with Crippen LogP contribution in [0.5, 0.6) is 5.75 Å². The Kier molecular flexibility index (Phi) is 6.09. The van der Waals surface area contributed by atoms with Crippen LogP contribution in [0, 0.1) is 0 Å². The van der Waals surface area contributed by atoms with Crippen LogP contribution < -0.4 is 10.1 Å². The fourth-order valence-electron chi connectivity index (χ4n) is 3.15. The topological polar surface area (TPSA) is 80.5 Å². The van der Waals surface area contributed by atoms with Crippen LogP contribution >= 0.6 is 0 Å². The number of aromatic nitrogens is 2. The molecule has 0 saturated carbocycles. The Labute approximate surface area is 153 Å². The second-order valence-corrected chi connectivity index (χ2v) is 6.48. The number of piperidine rings is 1. The average Bonchev–Trinajstić information content (AvgIpc) is 3.18. The standard InChI is InChI=1S/C19H26N4O3/c1-3-4-11-20-19(24)23-12-6-5-10-16(23)18-21-17(22-26-18)14-8-7-9-15(13-14)25-2/h7-9,13,16H,3-6,10-12H2,1-2H3,(H,20,24). The summed E-state index contributed by atoms with van der Waals surface area (Å²) in [6.45, 7) is 3.51. The summed E-state index contributed by atoms with van der Waals surface area (Å²) in [5.74, 6) is 1.74. The summed E-state index contributed by atoms with van der Waals surface area (Å²) in [6, 6.07) is 7.31. The minimum absolute atomic E-state index is 0.0516. The highest BCUT2D eigenvalue weighted by Gasteiger charge is 2.32. The number of nitrogens with one attached hydrogen (secondary N) is 1. The Balaban J connectivity index is 1.76. The molecular weight excluding hydrogens is 332 g/mol. The van der Waals surface area contributed by atoms with Gasteiger partial charge in [-0.15, -0.1) is 0 Å². The highest BCUT2D eigenvalue weighted by molar-refractivity contribution is 5.74. The van der Waals surface area contributed by atoms with Gasteiger partial charge in [0.25, 0.3) is 0 Å². The van der Waals surface area contributed by atoms with Crippen molar-refractivity contribution in [3.05, 3.63) is 30.2 Å². The molecule has 140 valence electrons. The number of carbonyl (C=O) groups is 1. The van der Waals surface area contributed by atoms with Gasteiger partial charge in [0.1, 0.15) is 11.8 Å². The molecule has 1 N–H and O–H groups in total. The van der Waals surface area contributed by atoms with Crippen molar-refractivity contribution >= 4 is 6.03 Å². The molecule has 1 unspecified atom stereocenters. The first-order valence-electron chi connectivity index (χ1n) is 9.25. The number of rotatable bonds is 6. The monoisotopic (exact) mass is 358 g/mol. The molecule has 0 aliphatic carbocycles. The number of likely N-dealkylation sites (tertiary alicyclic amines) is 1. The number of hydrogen-bond donors (Lipinski definition) is 1. The van der Waals surface area contributed by atoms with E-state index in [9.17, 15) is 4.79 Å². The molecule has 1 saturated heterocycles. The van der Waals surface area contributed by atoms with Crippen LogP contribution in [-0.2, 0) is 0 Å². The molecule has 7 nitrogen and oxygen atoms in total. The van der Waals surface area contributed by atoms with E-state index >= 15 is 0 Å². The van der Waals surface area contributed by atoms with Crippen molar-refractivity contribution < 1.29 is 14.1 Å². The number of benzene rings is 1. The fourth-order valence-corrected chi connectivity index (χ4v) is 3.15. The van der Waals surface area contributed by atoms with E-state index < -0.39 is 0 Å². The Morgan fingerprint density at radius 3 is 3.12 bits per heavy atom. The van der Waals surface area contributed by atoms with Gasteiger partial charge in [0.15, 0.2) is 0 Å².